The minimum atomic E-state index is -0.483. The highest BCUT2D eigenvalue weighted by Gasteiger charge is 2.38. The van der Waals surface area contributed by atoms with Crippen LogP contribution in [0.2, 0.25) is 0 Å². The monoisotopic (exact) mass is 304 g/mol. The van der Waals surface area contributed by atoms with Gasteiger partial charge in [0.05, 0.1) is 11.8 Å². The topological polar surface area (TPSA) is 101 Å². The van der Waals surface area contributed by atoms with E-state index >= 15 is 0 Å². The minimum Gasteiger partial charge on any atom is -0.472 e. The molecule has 0 aliphatic carbocycles. The van der Waals surface area contributed by atoms with Crippen molar-refractivity contribution in [3.05, 3.63) is 24.5 Å². The van der Waals surface area contributed by atoms with Gasteiger partial charge in [0.25, 0.3) is 5.91 Å². The summed E-state index contributed by atoms with van der Waals surface area (Å²) >= 11 is 0. The Morgan fingerprint density at radius 2 is 2.23 bits per heavy atom. The molecule has 8 nitrogen and oxygen atoms in total. The molecule has 0 spiro atoms. The van der Waals surface area contributed by atoms with Gasteiger partial charge in [-0.3, -0.25) is 9.69 Å². The Kier molecular flexibility index (Phi) is 3.66. The molecule has 1 aliphatic rings. The molecule has 3 heterocycles. The van der Waals surface area contributed by atoms with Gasteiger partial charge in [-0.1, -0.05) is 19.0 Å². The number of rotatable bonds is 5. The third kappa shape index (κ3) is 2.72. The molecule has 116 valence electrons. The lowest BCUT2D eigenvalue weighted by Gasteiger charge is -2.11. The van der Waals surface area contributed by atoms with Crippen LogP contribution in [0.15, 0.2) is 27.5 Å². The van der Waals surface area contributed by atoms with E-state index in [1.54, 1.807) is 6.07 Å². The molecule has 0 bridgehead atoms. The zero-order valence-corrected chi connectivity index (χ0v) is 12.3. The number of imide groups is 1. The highest BCUT2D eigenvalue weighted by atomic mass is 16.5. The number of urea groups is 1. The summed E-state index contributed by atoms with van der Waals surface area (Å²) in [7, 11) is 0. The fraction of sp³-hybridized carbons (Fsp3) is 0.429. The molecule has 1 atom stereocenters. The van der Waals surface area contributed by atoms with Crippen LogP contribution in [0, 0.1) is 5.92 Å². The van der Waals surface area contributed by atoms with Gasteiger partial charge in [-0.2, -0.15) is 4.98 Å². The number of carbonyl (C=O) groups excluding carboxylic acids is 2. The molecule has 8 heteroatoms. The fourth-order valence-electron chi connectivity index (χ4n) is 2.32. The zero-order chi connectivity index (χ0) is 15.7. The number of hydrogen-bond donors (Lipinski definition) is 1. The first kappa shape index (κ1) is 14.3. The Balaban J connectivity index is 1.71. The molecule has 2 aromatic heterocycles. The number of hydrogen-bond acceptors (Lipinski definition) is 6. The van der Waals surface area contributed by atoms with Gasteiger partial charge in [-0.05, 0) is 18.4 Å². The molecule has 1 N–H and O–H groups in total. The zero-order valence-electron chi connectivity index (χ0n) is 12.3. The lowest BCUT2D eigenvalue weighted by molar-refractivity contribution is -0.128. The maximum atomic E-state index is 12.2. The maximum absolute atomic E-state index is 12.2. The summed E-state index contributed by atoms with van der Waals surface area (Å²) in [6, 6.07) is 0.781. The highest BCUT2D eigenvalue weighted by molar-refractivity contribution is 6.04. The van der Waals surface area contributed by atoms with Gasteiger partial charge in [0.1, 0.15) is 18.8 Å². The molecule has 2 aromatic rings. The first-order chi connectivity index (χ1) is 10.5. The second-order valence-corrected chi connectivity index (χ2v) is 5.58. The normalized spacial score (nSPS) is 18.3. The molecular weight excluding hydrogens is 288 g/mol. The average Bonchev–Trinajstić information content (AvgIpc) is 3.16. The van der Waals surface area contributed by atoms with E-state index < -0.39 is 12.1 Å². The SMILES string of the molecule is CC(C)CC1NC(=O)N(Cc2nc(-c3ccoc3)no2)C1=O. The second kappa shape index (κ2) is 5.63. The summed E-state index contributed by atoms with van der Waals surface area (Å²) < 4.78 is 10.0. The van der Waals surface area contributed by atoms with Crippen molar-refractivity contribution in [1.82, 2.24) is 20.4 Å². The van der Waals surface area contributed by atoms with Gasteiger partial charge in [-0.25, -0.2) is 4.79 Å². The number of amides is 3. The van der Waals surface area contributed by atoms with Crippen LogP contribution < -0.4 is 5.32 Å². The lowest BCUT2D eigenvalue weighted by Crippen LogP contribution is -2.31. The predicted molar refractivity (Wildman–Crippen MR) is 74.3 cm³/mol. The van der Waals surface area contributed by atoms with Gasteiger partial charge in [0.2, 0.25) is 11.7 Å². The number of furan rings is 1. The van der Waals surface area contributed by atoms with E-state index in [0.29, 0.717) is 23.7 Å². The van der Waals surface area contributed by atoms with Crippen molar-refractivity contribution in [2.75, 3.05) is 0 Å². The molecule has 1 aliphatic heterocycles. The van der Waals surface area contributed by atoms with Crippen molar-refractivity contribution >= 4 is 11.9 Å². The summed E-state index contributed by atoms with van der Waals surface area (Å²) in [5.74, 6) is 0.603. The van der Waals surface area contributed by atoms with E-state index in [-0.39, 0.29) is 18.3 Å². The van der Waals surface area contributed by atoms with Crippen molar-refractivity contribution in [3.8, 4) is 11.4 Å². The summed E-state index contributed by atoms with van der Waals surface area (Å²) in [5, 5.41) is 6.47. The van der Waals surface area contributed by atoms with Gasteiger partial charge >= 0.3 is 6.03 Å². The van der Waals surface area contributed by atoms with Crippen LogP contribution in [0.5, 0.6) is 0 Å². The van der Waals surface area contributed by atoms with E-state index in [1.165, 1.54) is 12.5 Å². The van der Waals surface area contributed by atoms with Crippen LogP contribution in [-0.4, -0.2) is 33.0 Å². The number of carbonyl (C=O) groups is 2. The van der Waals surface area contributed by atoms with Gasteiger partial charge in [0, 0.05) is 0 Å². The van der Waals surface area contributed by atoms with Crippen molar-refractivity contribution in [2.45, 2.75) is 32.9 Å². The van der Waals surface area contributed by atoms with Crippen LogP contribution in [-0.2, 0) is 11.3 Å². The molecule has 0 aromatic carbocycles. The summed E-state index contributed by atoms with van der Waals surface area (Å²) in [6.45, 7) is 3.96. The van der Waals surface area contributed by atoms with Crippen molar-refractivity contribution in [1.29, 1.82) is 0 Å². The summed E-state index contributed by atoms with van der Waals surface area (Å²) in [4.78, 5) is 29.4. The predicted octanol–water partition coefficient (Wildman–Crippen LogP) is 1.80. The fourth-order valence-corrected chi connectivity index (χ4v) is 2.32. The van der Waals surface area contributed by atoms with E-state index in [4.69, 9.17) is 8.94 Å². The molecule has 0 radical (unpaired) electrons. The maximum Gasteiger partial charge on any atom is 0.325 e. The van der Waals surface area contributed by atoms with Crippen molar-refractivity contribution in [2.24, 2.45) is 5.92 Å². The van der Waals surface area contributed by atoms with E-state index in [9.17, 15) is 9.59 Å². The van der Waals surface area contributed by atoms with Gasteiger partial charge < -0.3 is 14.3 Å². The van der Waals surface area contributed by atoms with Crippen LogP contribution >= 0.6 is 0 Å². The molecule has 1 saturated heterocycles. The largest absolute Gasteiger partial charge is 0.472 e. The van der Waals surface area contributed by atoms with Crippen molar-refractivity contribution in [3.63, 3.8) is 0 Å². The highest BCUT2D eigenvalue weighted by Crippen LogP contribution is 2.19. The third-order valence-corrected chi connectivity index (χ3v) is 3.35. The molecule has 1 fully saturated rings. The van der Waals surface area contributed by atoms with Crippen LogP contribution in [0.3, 0.4) is 0 Å². The molecule has 22 heavy (non-hydrogen) atoms. The van der Waals surface area contributed by atoms with Crippen LogP contribution in [0.4, 0.5) is 4.79 Å². The first-order valence-electron chi connectivity index (χ1n) is 7.01. The summed E-state index contributed by atoms with van der Waals surface area (Å²) in [5.41, 5.74) is 0.671. The summed E-state index contributed by atoms with van der Waals surface area (Å²) in [6.07, 6.45) is 3.59. The average molecular weight is 304 g/mol. The lowest BCUT2D eigenvalue weighted by atomic mass is 10.0. The number of nitrogens with one attached hydrogen (secondary N) is 1. The second-order valence-electron chi connectivity index (χ2n) is 5.58. The first-order valence-corrected chi connectivity index (χ1v) is 7.01. The van der Waals surface area contributed by atoms with Crippen molar-refractivity contribution < 1.29 is 18.5 Å². The Labute approximate surface area is 126 Å². The van der Waals surface area contributed by atoms with Gasteiger partial charge in [0.15, 0.2) is 0 Å². The Morgan fingerprint density at radius 1 is 1.41 bits per heavy atom. The molecular formula is C14H16N4O4. The Morgan fingerprint density at radius 3 is 2.91 bits per heavy atom. The van der Waals surface area contributed by atoms with E-state index in [2.05, 4.69) is 15.5 Å². The quantitative estimate of drug-likeness (QED) is 0.845. The molecule has 1 unspecified atom stereocenters. The van der Waals surface area contributed by atoms with Crippen LogP contribution in [0.25, 0.3) is 11.4 Å². The number of aromatic nitrogens is 2. The van der Waals surface area contributed by atoms with E-state index in [1.807, 2.05) is 13.8 Å². The Bertz CT molecular complexity index is 677. The standard InChI is InChI=1S/C14H16N4O4/c1-8(2)5-10-13(19)18(14(20)15-10)6-11-16-12(17-22-11)9-3-4-21-7-9/h3-4,7-8,10H,5-6H2,1-2H3,(H,15,20). The molecule has 0 saturated carbocycles. The molecule has 3 rings (SSSR count). The third-order valence-electron chi connectivity index (χ3n) is 3.35. The minimum absolute atomic E-state index is 0.0376. The Hall–Kier alpha value is -2.64. The molecule has 3 amide bonds. The smallest absolute Gasteiger partial charge is 0.325 e. The van der Waals surface area contributed by atoms with Gasteiger partial charge in [-0.15, -0.1) is 0 Å². The number of nitrogens with zero attached hydrogens (tertiary/aromatic N) is 3. The van der Waals surface area contributed by atoms with E-state index in [0.717, 1.165) is 4.90 Å². The van der Waals surface area contributed by atoms with Crippen LogP contribution in [0.1, 0.15) is 26.2 Å².